The lowest BCUT2D eigenvalue weighted by Gasteiger charge is -2.15. The van der Waals surface area contributed by atoms with Crippen molar-refractivity contribution in [2.24, 2.45) is 0 Å². The average molecular weight is 375 g/mol. The number of likely N-dealkylation sites (tertiary alicyclic amines) is 1. The first-order chi connectivity index (χ1) is 12.2. The van der Waals surface area contributed by atoms with Crippen LogP contribution in [0.3, 0.4) is 0 Å². The summed E-state index contributed by atoms with van der Waals surface area (Å²) in [5.74, 6) is 0.886. The fourth-order valence-corrected chi connectivity index (χ4v) is 4.65. The van der Waals surface area contributed by atoms with Crippen LogP contribution < -0.4 is 5.32 Å². The summed E-state index contributed by atoms with van der Waals surface area (Å²) in [6.07, 6.45) is 2.55. The van der Waals surface area contributed by atoms with E-state index in [1.165, 1.54) is 4.88 Å². The molecule has 0 radical (unpaired) electrons. The maximum atomic E-state index is 12.5. The normalized spacial score (nSPS) is 13.8. The molecular weight excluding hydrogens is 352 g/mol. The zero-order valence-electron chi connectivity index (χ0n) is 14.1. The van der Waals surface area contributed by atoms with Crippen molar-refractivity contribution < 1.29 is 9.59 Å². The molecule has 2 aromatic rings. The number of benzene rings is 1. The molecule has 1 aliphatic rings. The highest BCUT2D eigenvalue weighted by Crippen LogP contribution is 2.27. The van der Waals surface area contributed by atoms with Gasteiger partial charge in [0.25, 0.3) is 5.91 Å². The van der Waals surface area contributed by atoms with E-state index in [0.29, 0.717) is 18.5 Å². The molecule has 25 heavy (non-hydrogen) atoms. The Balaban J connectivity index is 1.51. The molecule has 0 saturated carbocycles. The van der Waals surface area contributed by atoms with Crippen LogP contribution in [0.4, 0.5) is 0 Å². The predicted molar refractivity (Wildman–Crippen MR) is 103 cm³/mol. The zero-order chi connectivity index (χ0) is 17.5. The van der Waals surface area contributed by atoms with Gasteiger partial charge in [-0.25, -0.2) is 0 Å². The summed E-state index contributed by atoms with van der Waals surface area (Å²) < 4.78 is 0. The molecule has 1 saturated heterocycles. The van der Waals surface area contributed by atoms with Crippen LogP contribution in [0.25, 0.3) is 0 Å². The van der Waals surface area contributed by atoms with E-state index >= 15 is 0 Å². The first-order valence-corrected chi connectivity index (χ1v) is 10.4. The number of carbonyl (C=O) groups is 2. The van der Waals surface area contributed by atoms with Crippen molar-refractivity contribution in [3.63, 3.8) is 0 Å². The van der Waals surface area contributed by atoms with Crippen LogP contribution in [0.5, 0.6) is 0 Å². The lowest BCUT2D eigenvalue weighted by atomic mass is 10.2. The fraction of sp³-hybridized carbons (Fsp3) is 0.368. The van der Waals surface area contributed by atoms with E-state index in [0.717, 1.165) is 36.6 Å². The van der Waals surface area contributed by atoms with Crippen LogP contribution in [0, 0.1) is 0 Å². The molecular formula is C19H22N2O2S2. The molecule has 0 atom stereocenters. The number of nitrogens with zero attached hydrogens (tertiary/aromatic N) is 1. The van der Waals surface area contributed by atoms with Gasteiger partial charge in [-0.3, -0.25) is 9.59 Å². The van der Waals surface area contributed by atoms with E-state index < -0.39 is 0 Å². The maximum absolute atomic E-state index is 12.5. The Morgan fingerprint density at radius 1 is 1.12 bits per heavy atom. The maximum Gasteiger partial charge on any atom is 0.252 e. The van der Waals surface area contributed by atoms with Crippen molar-refractivity contribution in [2.45, 2.75) is 29.9 Å². The number of amides is 2. The molecule has 1 aliphatic heterocycles. The van der Waals surface area contributed by atoms with E-state index in [9.17, 15) is 9.59 Å². The van der Waals surface area contributed by atoms with E-state index in [4.69, 9.17) is 0 Å². The molecule has 1 aromatic heterocycles. The second-order valence-electron chi connectivity index (χ2n) is 5.96. The Morgan fingerprint density at radius 3 is 2.68 bits per heavy atom. The molecule has 132 valence electrons. The van der Waals surface area contributed by atoms with Crippen molar-refractivity contribution >= 4 is 34.9 Å². The number of hydrogen-bond donors (Lipinski definition) is 1. The molecule has 3 rings (SSSR count). The first-order valence-electron chi connectivity index (χ1n) is 8.54. The van der Waals surface area contributed by atoms with Crippen LogP contribution in [0.2, 0.25) is 0 Å². The molecule has 1 aromatic carbocycles. The minimum Gasteiger partial charge on any atom is -0.351 e. The van der Waals surface area contributed by atoms with Crippen molar-refractivity contribution in [1.82, 2.24) is 10.2 Å². The van der Waals surface area contributed by atoms with E-state index in [1.54, 1.807) is 23.1 Å². The predicted octanol–water partition coefficient (Wildman–Crippen LogP) is 3.78. The van der Waals surface area contributed by atoms with Crippen LogP contribution in [-0.2, 0) is 10.5 Å². The van der Waals surface area contributed by atoms with Crippen molar-refractivity contribution in [3.05, 3.63) is 52.2 Å². The molecule has 0 aliphatic carbocycles. The number of nitrogens with one attached hydrogen (secondary N) is 1. The number of thiophene rings is 1. The quantitative estimate of drug-likeness (QED) is 0.750. The zero-order valence-corrected chi connectivity index (χ0v) is 15.7. The summed E-state index contributed by atoms with van der Waals surface area (Å²) in [5, 5.41) is 4.95. The Kier molecular flexibility index (Phi) is 6.53. The third-order valence-electron chi connectivity index (χ3n) is 4.16. The van der Waals surface area contributed by atoms with E-state index in [-0.39, 0.29) is 11.8 Å². The topological polar surface area (TPSA) is 49.4 Å². The van der Waals surface area contributed by atoms with Gasteiger partial charge >= 0.3 is 0 Å². The molecule has 6 heteroatoms. The number of rotatable bonds is 7. The van der Waals surface area contributed by atoms with Crippen LogP contribution in [0.15, 0.2) is 46.7 Å². The molecule has 0 bridgehead atoms. The highest BCUT2D eigenvalue weighted by molar-refractivity contribution is 7.98. The van der Waals surface area contributed by atoms with Crippen LogP contribution >= 0.6 is 23.1 Å². The van der Waals surface area contributed by atoms with Crippen molar-refractivity contribution in [1.29, 1.82) is 0 Å². The minimum atomic E-state index is -0.108. The van der Waals surface area contributed by atoms with Gasteiger partial charge in [-0.05, 0) is 36.4 Å². The molecule has 0 spiro atoms. The monoisotopic (exact) mass is 374 g/mol. The van der Waals surface area contributed by atoms with Gasteiger partial charge in [-0.2, -0.15) is 0 Å². The first kappa shape index (κ1) is 18.0. The van der Waals surface area contributed by atoms with Gasteiger partial charge in [-0.1, -0.05) is 18.2 Å². The third kappa shape index (κ3) is 5.09. The highest BCUT2D eigenvalue weighted by Gasteiger charge is 2.18. The molecule has 0 unspecified atom stereocenters. The Hall–Kier alpha value is -1.79. The van der Waals surface area contributed by atoms with Gasteiger partial charge < -0.3 is 10.2 Å². The number of thioether (sulfide) groups is 1. The van der Waals surface area contributed by atoms with Crippen molar-refractivity contribution in [3.8, 4) is 0 Å². The van der Waals surface area contributed by atoms with Gasteiger partial charge in [0.2, 0.25) is 5.91 Å². The van der Waals surface area contributed by atoms with Crippen LogP contribution in [0.1, 0.15) is 34.5 Å². The molecule has 1 fully saturated rings. The lowest BCUT2D eigenvalue weighted by molar-refractivity contribution is -0.129. The SMILES string of the molecule is O=C(NCCC(=O)N1CCCC1)c1ccccc1SCc1cccs1. The number of hydrogen-bond acceptors (Lipinski definition) is 4. The summed E-state index contributed by atoms with van der Waals surface area (Å²) in [6.45, 7) is 2.10. The second-order valence-corrected chi connectivity index (χ2v) is 8.01. The molecule has 4 nitrogen and oxygen atoms in total. The van der Waals surface area contributed by atoms with Crippen molar-refractivity contribution in [2.75, 3.05) is 19.6 Å². The Bertz CT molecular complexity index is 710. The van der Waals surface area contributed by atoms with Crippen LogP contribution in [-0.4, -0.2) is 36.3 Å². The minimum absolute atomic E-state index is 0.108. The fourth-order valence-electron chi connectivity index (χ4n) is 2.83. The molecule has 2 heterocycles. The Labute approximate surface area is 156 Å². The van der Waals surface area contributed by atoms with Gasteiger partial charge in [0, 0.05) is 41.6 Å². The van der Waals surface area contributed by atoms with E-state index in [1.807, 2.05) is 35.2 Å². The average Bonchev–Trinajstić information content (AvgIpc) is 3.33. The Morgan fingerprint density at radius 2 is 1.92 bits per heavy atom. The highest BCUT2D eigenvalue weighted by atomic mass is 32.2. The third-order valence-corrected chi connectivity index (χ3v) is 6.35. The van der Waals surface area contributed by atoms with Gasteiger partial charge in [0.1, 0.15) is 0 Å². The molecule has 1 N–H and O–H groups in total. The number of carbonyl (C=O) groups excluding carboxylic acids is 2. The summed E-state index contributed by atoms with van der Waals surface area (Å²) >= 11 is 3.39. The standard InChI is InChI=1S/C19H22N2O2S2/c22-18(21-11-3-4-12-21)9-10-20-19(23)16-7-1-2-8-17(16)25-14-15-6-5-13-24-15/h1-2,5-8,13H,3-4,9-12,14H2,(H,20,23). The van der Waals surface area contributed by atoms with Gasteiger partial charge in [0.05, 0.1) is 5.56 Å². The second kappa shape index (κ2) is 9.06. The van der Waals surface area contributed by atoms with Gasteiger partial charge in [-0.15, -0.1) is 23.1 Å². The van der Waals surface area contributed by atoms with E-state index in [2.05, 4.69) is 16.8 Å². The molecule has 2 amide bonds. The smallest absolute Gasteiger partial charge is 0.252 e. The largest absolute Gasteiger partial charge is 0.351 e. The summed E-state index contributed by atoms with van der Waals surface area (Å²) in [4.78, 5) is 28.7. The summed E-state index contributed by atoms with van der Waals surface area (Å²) in [6, 6.07) is 11.8. The lowest BCUT2D eigenvalue weighted by Crippen LogP contribution is -2.32. The summed E-state index contributed by atoms with van der Waals surface area (Å²) in [7, 11) is 0. The summed E-state index contributed by atoms with van der Waals surface area (Å²) in [5.41, 5.74) is 0.678. The van der Waals surface area contributed by atoms with Gasteiger partial charge in [0.15, 0.2) is 0 Å².